The minimum atomic E-state index is -0.0290. The summed E-state index contributed by atoms with van der Waals surface area (Å²) in [5.41, 5.74) is 0.949. The van der Waals surface area contributed by atoms with Crippen molar-refractivity contribution in [3.63, 3.8) is 0 Å². The van der Waals surface area contributed by atoms with Crippen LogP contribution >= 0.6 is 0 Å². The molecule has 1 N–H and O–H groups in total. The Morgan fingerprint density at radius 1 is 1.44 bits per heavy atom. The highest BCUT2D eigenvalue weighted by molar-refractivity contribution is 5.50. The molecule has 3 heterocycles. The molecule has 2 aromatic rings. The van der Waals surface area contributed by atoms with Crippen LogP contribution in [0.25, 0.3) is 5.65 Å². The predicted octanol–water partition coefficient (Wildman–Crippen LogP) is 2.70. The normalized spacial score (nSPS) is 23.1. The monoisotopic (exact) mass is 245 g/mol. The molecule has 1 aliphatic rings. The summed E-state index contributed by atoms with van der Waals surface area (Å²) in [7, 11) is 0. The fourth-order valence-corrected chi connectivity index (χ4v) is 2.63. The molecular weight excluding hydrogens is 226 g/mol. The first-order valence-electron chi connectivity index (χ1n) is 6.47. The lowest BCUT2D eigenvalue weighted by Crippen LogP contribution is -2.40. The Hall–Kier alpha value is -1.55. The molecule has 2 aromatic heterocycles. The number of pyridine rings is 1. The molecule has 1 fully saturated rings. The lowest BCUT2D eigenvalue weighted by molar-refractivity contribution is -0.0553. The third-order valence-electron chi connectivity index (χ3n) is 3.48. The van der Waals surface area contributed by atoms with Crippen molar-refractivity contribution in [3.05, 3.63) is 30.6 Å². The molecule has 4 heteroatoms. The molecule has 1 atom stereocenters. The van der Waals surface area contributed by atoms with Gasteiger partial charge in [-0.25, -0.2) is 4.98 Å². The second-order valence-electron chi connectivity index (χ2n) is 5.51. The molecule has 0 radical (unpaired) electrons. The molecular formula is C14H19N3O. The van der Waals surface area contributed by atoms with E-state index in [-0.39, 0.29) is 5.60 Å². The first kappa shape index (κ1) is 11.5. The summed E-state index contributed by atoms with van der Waals surface area (Å²) in [6.45, 7) is 5.13. The van der Waals surface area contributed by atoms with Crippen molar-refractivity contribution < 1.29 is 4.74 Å². The topological polar surface area (TPSA) is 38.6 Å². The van der Waals surface area contributed by atoms with E-state index in [1.165, 1.54) is 0 Å². The molecule has 0 bridgehead atoms. The van der Waals surface area contributed by atoms with E-state index >= 15 is 0 Å². The van der Waals surface area contributed by atoms with Gasteiger partial charge < -0.3 is 10.1 Å². The Balaban J connectivity index is 1.82. The number of fused-ring (bicyclic) bond motifs is 1. The molecule has 1 unspecified atom stereocenters. The van der Waals surface area contributed by atoms with E-state index in [1.807, 2.05) is 24.5 Å². The van der Waals surface area contributed by atoms with Crippen LogP contribution in [0.4, 0.5) is 5.82 Å². The Bertz CT molecular complexity index is 547. The number of nitrogens with zero attached hydrogens (tertiary/aromatic N) is 2. The molecule has 0 saturated carbocycles. The molecule has 1 saturated heterocycles. The van der Waals surface area contributed by atoms with E-state index in [1.54, 1.807) is 0 Å². The van der Waals surface area contributed by atoms with Crippen molar-refractivity contribution in [2.24, 2.45) is 0 Å². The number of aromatic nitrogens is 2. The predicted molar refractivity (Wildman–Crippen MR) is 71.9 cm³/mol. The van der Waals surface area contributed by atoms with Gasteiger partial charge in [-0.3, -0.25) is 4.40 Å². The van der Waals surface area contributed by atoms with Gasteiger partial charge in [0.25, 0.3) is 0 Å². The van der Waals surface area contributed by atoms with Gasteiger partial charge in [-0.1, -0.05) is 6.07 Å². The Morgan fingerprint density at radius 3 is 3.17 bits per heavy atom. The molecule has 0 aliphatic carbocycles. The SMILES string of the molecule is CC1(C)CC(Nc2cccc3nccn23)CCO1. The average molecular weight is 245 g/mol. The van der Waals surface area contributed by atoms with Crippen molar-refractivity contribution in [3.8, 4) is 0 Å². The van der Waals surface area contributed by atoms with Crippen LogP contribution in [0, 0.1) is 0 Å². The van der Waals surface area contributed by atoms with Crippen LogP contribution in [0.5, 0.6) is 0 Å². The minimum absolute atomic E-state index is 0.0290. The van der Waals surface area contributed by atoms with Crippen LogP contribution in [-0.4, -0.2) is 27.6 Å². The van der Waals surface area contributed by atoms with Crippen molar-refractivity contribution in [1.29, 1.82) is 0 Å². The number of anilines is 1. The Kier molecular flexibility index (Phi) is 2.74. The number of hydrogen-bond donors (Lipinski definition) is 1. The highest BCUT2D eigenvalue weighted by Gasteiger charge is 2.28. The zero-order valence-electron chi connectivity index (χ0n) is 10.9. The smallest absolute Gasteiger partial charge is 0.138 e. The quantitative estimate of drug-likeness (QED) is 0.884. The standard InChI is InChI=1S/C14H19N3O/c1-14(2)10-11(6-9-18-14)16-13-5-3-4-12-15-7-8-17(12)13/h3-5,7-8,11,16H,6,9-10H2,1-2H3. The number of ether oxygens (including phenoxy) is 1. The molecule has 0 spiro atoms. The first-order chi connectivity index (χ1) is 8.64. The van der Waals surface area contributed by atoms with Gasteiger partial charge in [0.2, 0.25) is 0 Å². The van der Waals surface area contributed by atoms with Gasteiger partial charge in [-0.15, -0.1) is 0 Å². The molecule has 96 valence electrons. The zero-order chi connectivity index (χ0) is 12.6. The molecule has 1 aliphatic heterocycles. The zero-order valence-corrected chi connectivity index (χ0v) is 10.9. The van der Waals surface area contributed by atoms with Gasteiger partial charge in [0.1, 0.15) is 11.5 Å². The van der Waals surface area contributed by atoms with Crippen molar-refractivity contribution in [2.45, 2.75) is 38.3 Å². The van der Waals surface area contributed by atoms with Crippen LogP contribution in [0.3, 0.4) is 0 Å². The fourth-order valence-electron chi connectivity index (χ4n) is 2.63. The highest BCUT2D eigenvalue weighted by atomic mass is 16.5. The average Bonchev–Trinajstić information content (AvgIpc) is 2.77. The Morgan fingerprint density at radius 2 is 2.33 bits per heavy atom. The van der Waals surface area contributed by atoms with Crippen LogP contribution in [-0.2, 0) is 4.74 Å². The first-order valence-corrected chi connectivity index (χ1v) is 6.47. The maximum absolute atomic E-state index is 5.75. The maximum Gasteiger partial charge on any atom is 0.138 e. The maximum atomic E-state index is 5.75. The number of imidazole rings is 1. The third-order valence-corrected chi connectivity index (χ3v) is 3.48. The second kappa shape index (κ2) is 4.28. The summed E-state index contributed by atoms with van der Waals surface area (Å²) in [5.74, 6) is 1.10. The van der Waals surface area contributed by atoms with E-state index in [4.69, 9.17) is 4.74 Å². The van der Waals surface area contributed by atoms with Gasteiger partial charge in [0.15, 0.2) is 0 Å². The fraction of sp³-hybridized carbons (Fsp3) is 0.500. The van der Waals surface area contributed by atoms with E-state index in [0.29, 0.717) is 6.04 Å². The molecule has 18 heavy (non-hydrogen) atoms. The van der Waals surface area contributed by atoms with Gasteiger partial charge in [0.05, 0.1) is 5.60 Å². The lowest BCUT2D eigenvalue weighted by Gasteiger charge is -2.36. The molecule has 0 aromatic carbocycles. The summed E-state index contributed by atoms with van der Waals surface area (Å²) in [4.78, 5) is 4.30. The van der Waals surface area contributed by atoms with E-state index in [2.05, 4.69) is 34.6 Å². The van der Waals surface area contributed by atoms with E-state index in [9.17, 15) is 0 Å². The summed E-state index contributed by atoms with van der Waals surface area (Å²) < 4.78 is 7.83. The van der Waals surface area contributed by atoms with Crippen LogP contribution in [0.15, 0.2) is 30.6 Å². The number of rotatable bonds is 2. The molecule has 4 nitrogen and oxygen atoms in total. The second-order valence-corrected chi connectivity index (χ2v) is 5.51. The van der Waals surface area contributed by atoms with Crippen LogP contribution in [0.2, 0.25) is 0 Å². The summed E-state index contributed by atoms with van der Waals surface area (Å²) in [6, 6.07) is 6.60. The summed E-state index contributed by atoms with van der Waals surface area (Å²) >= 11 is 0. The van der Waals surface area contributed by atoms with Crippen LogP contribution < -0.4 is 5.32 Å². The largest absolute Gasteiger partial charge is 0.375 e. The highest BCUT2D eigenvalue weighted by Crippen LogP contribution is 2.26. The molecule has 3 rings (SSSR count). The van der Waals surface area contributed by atoms with Gasteiger partial charge in [-0.05, 0) is 38.8 Å². The summed E-state index contributed by atoms with van der Waals surface area (Å²) in [5, 5.41) is 3.61. The van der Waals surface area contributed by atoms with Gasteiger partial charge in [0, 0.05) is 25.0 Å². The number of hydrogen-bond acceptors (Lipinski definition) is 3. The van der Waals surface area contributed by atoms with Crippen molar-refractivity contribution in [1.82, 2.24) is 9.38 Å². The summed E-state index contributed by atoms with van der Waals surface area (Å²) in [6.07, 6.45) is 5.89. The Labute approximate surface area is 107 Å². The van der Waals surface area contributed by atoms with Gasteiger partial charge >= 0.3 is 0 Å². The lowest BCUT2D eigenvalue weighted by atomic mass is 9.94. The van der Waals surface area contributed by atoms with Crippen molar-refractivity contribution in [2.75, 3.05) is 11.9 Å². The third kappa shape index (κ3) is 2.20. The van der Waals surface area contributed by atoms with Crippen molar-refractivity contribution >= 4 is 11.5 Å². The molecule has 0 amide bonds. The number of nitrogens with one attached hydrogen (secondary N) is 1. The van der Waals surface area contributed by atoms with Gasteiger partial charge in [-0.2, -0.15) is 0 Å². The minimum Gasteiger partial charge on any atom is -0.375 e. The van der Waals surface area contributed by atoms with E-state index in [0.717, 1.165) is 30.9 Å². The van der Waals surface area contributed by atoms with E-state index < -0.39 is 0 Å². The van der Waals surface area contributed by atoms with Crippen LogP contribution in [0.1, 0.15) is 26.7 Å².